The zero-order valence-corrected chi connectivity index (χ0v) is 20.2. The topological polar surface area (TPSA) is 91.3 Å². The molecule has 3 heterocycles. The summed E-state index contributed by atoms with van der Waals surface area (Å²) >= 11 is 1.54. The molecule has 0 bridgehead atoms. The molecule has 1 atom stereocenters. The van der Waals surface area contributed by atoms with E-state index < -0.39 is 0 Å². The number of methoxy groups -OCH3 is 1. The maximum absolute atomic E-state index is 6.00. The molecule has 0 amide bonds. The number of hydrogen-bond acceptors (Lipinski definition) is 9. The van der Waals surface area contributed by atoms with Gasteiger partial charge in [-0.15, -0.1) is 20.4 Å². The van der Waals surface area contributed by atoms with Crippen LogP contribution in [0.4, 0.5) is 5.95 Å². The summed E-state index contributed by atoms with van der Waals surface area (Å²) in [7, 11) is 1.64. The molecule has 176 valence electrons. The molecule has 0 spiro atoms. The normalized spacial score (nSPS) is 14.9. The van der Waals surface area contributed by atoms with Crippen molar-refractivity contribution in [1.82, 2.24) is 25.0 Å². The van der Waals surface area contributed by atoms with Crippen molar-refractivity contribution in [1.29, 1.82) is 0 Å². The number of thioether (sulfide) groups is 1. The molecule has 10 heteroatoms. The lowest BCUT2D eigenvalue weighted by Gasteiger charge is -2.28. The fourth-order valence-corrected chi connectivity index (χ4v) is 4.65. The van der Waals surface area contributed by atoms with Crippen LogP contribution in [0, 0.1) is 6.92 Å². The number of morpholine rings is 1. The van der Waals surface area contributed by atoms with Gasteiger partial charge in [0.2, 0.25) is 17.7 Å². The van der Waals surface area contributed by atoms with E-state index in [2.05, 4.69) is 55.0 Å². The first-order valence-electron chi connectivity index (χ1n) is 11.1. The second-order valence-corrected chi connectivity index (χ2v) is 9.30. The number of rotatable bonds is 7. The highest BCUT2D eigenvalue weighted by molar-refractivity contribution is 7.99. The van der Waals surface area contributed by atoms with Crippen LogP contribution in [0.25, 0.3) is 17.1 Å². The van der Waals surface area contributed by atoms with E-state index in [4.69, 9.17) is 13.9 Å². The monoisotopic (exact) mass is 478 g/mol. The number of benzene rings is 2. The Kier molecular flexibility index (Phi) is 6.50. The fourth-order valence-electron chi connectivity index (χ4n) is 3.76. The van der Waals surface area contributed by atoms with Gasteiger partial charge in [-0.25, -0.2) is 0 Å². The Hall–Kier alpha value is -3.37. The molecule has 1 aliphatic rings. The molecule has 1 unspecified atom stereocenters. The van der Waals surface area contributed by atoms with Crippen LogP contribution in [0.1, 0.15) is 23.6 Å². The van der Waals surface area contributed by atoms with Crippen molar-refractivity contribution in [3.05, 3.63) is 60.0 Å². The number of aryl methyl sites for hydroxylation is 1. The SMILES string of the molecule is COc1ccc(-c2nnc(C(C)Sc3nnc(N4CCOCC4)n3-c3cccc(C)c3)o2)cc1. The van der Waals surface area contributed by atoms with E-state index in [0.717, 1.165) is 41.2 Å². The first-order valence-corrected chi connectivity index (χ1v) is 12.0. The van der Waals surface area contributed by atoms with Gasteiger partial charge in [-0.05, 0) is 55.8 Å². The Morgan fingerprint density at radius 2 is 1.79 bits per heavy atom. The van der Waals surface area contributed by atoms with Crippen molar-refractivity contribution in [2.75, 3.05) is 38.3 Å². The molecule has 2 aromatic carbocycles. The van der Waals surface area contributed by atoms with Crippen molar-refractivity contribution in [2.45, 2.75) is 24.3 Å². The summed E-state index contributed by atoms with van der Waals surface area (Å²) in [6, 6.07) is 15.9. The molecular formula is C24H26N6O3S. The van der Waals surface area contributed by atoms with E-state index in [1.165, 1.54) is 17.3 Å². The number of hydrogen-bond donors (Lipinski definition) is 0. The summed E-state index contributed by atoms with van der Waals surface area (Å²) in [5, 5.41) is 18.3. The third-order valence-electron chi connectivity index (χ3n) is 5.58. The zero-order chi connectivity index (χ0) is 23.5. The molecule has 0 aliphatic carbocycles. The van der Waals surface area contributed by atoms with Crippen molar-refractivity contribution < 1.29 is 13.9 Å². The van der Waals surface area contributed by atoms with Gasteiger partial charge in [0.05, 0.1) is 31.3 Å². The average Bonchev–Trinajstić information content (AvgIpc) is 3.53. The van der Waals surface area contributed by atoms with Crippen LogP contribution in [0.15, 0.2) is 58.1 Å². The minimum atomic E-state index is -0.121. The first kappa shape index (κ1) is 22.4. The van der Waals surface area contributed by atoms with Crippen molar-refractivity contribution in [3.63, 3.8) is 0 Å². The van der Waals surface area contributed by atoms with Gasteiger partial charge in [-0.1, -0.05) is 23.9 Å². The van der Waals surface area contributed by atoms with Crippen molar-refractivity contribution in [3.8, 4) is 22.9 Å². The van der Waals surface area contributed by atoms with Crippen molar-refractivity contribution in [2.24, 2.45) is 0 Å². The van der Waals surface area contributed by atoms with Crippen LogP contribution < -0.4 is 9.64 Å². The summed E-state index contributed by atoms with van der Waals surface area (Å²) < 4.78 is 18.8. The second kappa shape index (κ2) is 9.86. The molecule has 34 heavy (non-hydrogen) atoms. The molecule has 1 fully saturated rings. The van der Waals surface area contributed by atoms with Gasteiger partial charge < -0.3 is 18.8 Å². The molecule has 1 saturated heterocycles. The zero-order valence-electron chi connectivity index (χ0n) is 19.3. The van der Waals surface area contributed by atoms with Crippen LogP contribution in [0.2, 0.25) is 0 Å². The smallest absolute Gasteiger partial charge is 0.247 e. The average molecular weight is 479 g/mol. The van der Waals surface area contributed by atoms with E-state index in [9.17, 15) is 0 Å². The van der Waals surface area contributed by atoms with E-state index in [1.54, 1.807) is 7.11 Å². The number of anilines is 1. The van der Waals surface area contributed by atoms with Crippen LogP contribution in [-0.2, 0) is 4.74 Å². The van der Waals surface area contributed by atoms with Crippen LogP contribution >= 0.6 is 11.8 Å². The summed E-state index contributed by atoms with van der Waals surface area (Å²) in [5.74, 6) is 2.59. The minimum absolute atomic E-state index is 0.121. The molecular weight excluding hydrogens is 452 g/mol. The van der Waals surface area contributed by atoms with Gasteiger partial charge in [-0.2, -0.15) is 0 Å². The maximum atomic E-state index is 6.00. The number of aromatic nitrogens is 5. The summed E-state index contributed by atoms with van der Waals surface area (Å²) in [6.45, 7) is 7.01. The van der Waals surface area contributed by atoms with Gasteiger partial charge >= 0.3 is 0 Å². The van der Waals surface area contributed by atoms with Gasteiger partial charge in [0.15, 0.2) is 5.16 Å². The summed E-state index contributed by atoms with van der Waals surface area (Å²) in [4.78, 5) is 2.21. The molecule has 9 nitrogen and oxygen atoms in total. The summed E-state index contributed by atoms with van der Waals surface area (Å²) in [5.41, 5.74) is 3.03. The standard InChI is InChI=1S/C24H26N6O3S/c1-16-5-4-6-19(15-16)30-23(29-11-13-32-14-12-29)27-28-24(30)34-17(2)21-25-26-22(33-21)18-7-9-20(31-3)10-8-18/h4-10,15,17H,11-14H2,1-3H3. The lowest BCUT2D eigenvalue weighted by molar-refractivity contribution is 0.122. The Morgan fingerprint density at radius 1 is 1.00 bits per heavy atom. The highest BCUT2D eigenvalue weighted by Crippen LogP contribution is 2.37. The van der Waals surface area contributed by atoms with Gasteiger partial charge in [0, 0.05) is 18.7 Å². The highest BCUT2D eigenvalue weighted by Gasteiger charge is 2.25. The minimum Gasteiger partial charge on any atom is -0.497 e. The van der Waals surface area contributed by atoms with Crippen LogP contribution in [0.5, 0.6) is 5.75 Å². The van der Waals surface area contributed by atoms with E-state index in [0.29, 0.717) is 25.0 Å². The van der Waals surface area contributed by atoms with Crippen molar-refractivity contribution >= 4 is 17.7 Å². The van der Waals surface area contributed by atoms with Gasteiger partial charge in [-0.3, -0.25) is 4.57 Å². The number of nitrogens with zero attached hydrogens (tertiary/aromatic N) is 6. The highest BCUT2D eigenvalue weighted by atomic mass is 32.2. The molecule has 0 N–H and O–H groups in total. The molecule has 5 rings (SSSR count). The Balaban J connectivity index is 1.42. The predicted molar refractivity (Wildman–Crippen MR) is 130 cm³/mol. The van der Waals surface area contributed by atoms with E-state index in [-0.39, 0.29) is 5.25 Å². The Labute approximate surface area is 202 Å². The molecule has 4 aromatic rings. The van der Waals surface area contributed by atoms with E-state index >= 15 is 0 Å². The molecule has 0 saturated carbocycles. The van der Waals surface area contributed by atoms with Gasteiger partial charge in [0.25, 0.3) is 0 Å². The number of ether oxygens (including phenoxy) is 2. The lowest BCUT2D eigenvalue weighted by Crippen LogP contribution is -2.37. The Bertz CT molecular complexity index is 1250. The van der Waals surface area contributed by atoms with Crippen LogP contribution in [-0.4, -0.2) is 58.4 Å². The van der Waals surface area contributed by atoms with Crippen LogP contribution in [0.3, 0.4) is 0 Å². The third-order valence-corrected chi connectivity index (χ3v) is 6.61. The molecule has 1 aliphatic heterocycles. The second-order valence-electron chi connectivity index (χ2n) is 7.99. The summed E-state index contributed by atoms with van der Waals surface area (Å²) in [6.07, 6.45) is 0. The third kappa shape index (κ3) is 4.64. The lowest BCUT2D eigenvalue weighted by atomic mass is 10.2. The molecule has 0 radical (unpaired) electrons. The molecule has 2 aromatic heterocycles. The quantitative estimate of drug-likeness (QED) is 0.360. The first-order chi connectivity index (χ1) is 16.6. The Morgan fingerprint density at radius 3 is 2.53 bits per heavy atom. The van der Waals surface area contributed by atoms with E-state index in [1.807, 2.05) is 37.3 Å². The predicted octanol–water partition coefficient (Wildman–Crippen LogP) is 4.32. The maximum Gasteiger partial charge on any atom is 0.247 e. The largest absolute Gasteiger partial charge is 0.497 e. The van der Waals surface area contributed by atoms with Gasteiger partial charge in [0.1, 0.15) is 5.75 Å². The fraction of sp³-hybridized carbons (Fsp3) is 0.333.